The molecule has 1 N–H and O–H groups in total. The van der Waals surface area contributed by atoms with Gasteiger partial charge in [0.1, 0.15) is 0 Å². The van der Waals surface area contributed by atoms with Crippen molar-refractivity contribution in [1.82, 2.24) is 0 Å². The highest BCUT2D eigenvalue weighted by Gasteiger charge is 2.18. The van der Waals surface area contributed by atoms with Crippen LogP contribution in [0.15, 0.2) is 24.3 Å². The lowest BCUT2D eigenvalue weighted by molar-refractivity contribution is 0.679. The summed E-state index contributed by atoms with van der Waals surface area (Å²) in [4.78, 5) is 0. The van der Waals surface area contributed by atoms with Gasteiger partial charge in [-0.3, -0.25) is 0 Å². The van der Waals surface area contributed by atoms with Crippen molar-refractivity contribution in [2.75, 3.05) is 5.32 Å². The first-order valence-electron chi connectivity index (χ1n) is 7.20. The van der Waals surface area contributed by atoms with Gasteiger partial charge in [0.2, 0.25) is 0 Å². The summed E-state index contributed by atoms with van der Waals surface area (Å²) in [7, 11) is 0. The fourth-order valence-corrected chi connectivity index (χ4v) is 2.42. The van der Waals surface area contributed by atoms with Crippen LogP contribution in [0.3, 0.4) is 0 Å². The third-order valence-electron chi connectivity index (χ3n) is 3.47. The highest BCUT2D eigenvalue weighted by molar-refractivity contribution is 5.56. The van der Waals surface area contributed by atoms with Crippen molar-refractivity contribution in [2.45, 2.75) is 57.9 Å². The van der Waals surface area contributed by atoms with Crippen LogP contribution in [0.2, 0.25) is 0 Å². The molecule has 1 atom stereocenters. The van der Waals surface area contributed by atoms with Crippen LogP contribution in [-0.2, 0) is 6.42 Å². The second-order valence-corrected chi connectivity index (χ2v) is 5.07. The molecular weight excluding hydrogens is 218 g/mol. The molecule has 1 heterocycles. The van der Waals surface area contributed by atoms with Crippen LogP contribution in [-0.4, -0.2) is 6.04 Å². The van der Waals surface area contributed by atoms with Crippen molar-refractivity contribution in [1.29, 1.82) is 0 Å². The Balaban J connectivity index is 1.66. The van der Waals surface area contributed by atoms with Crippen LogP contribution in [0.5, 0.6) is 0 Å². The first-order valence-corrected chi connectivity index (χ1v) is 7.20. The summed E-state index contributed by atoms with van der Waals surface area (Å²) in [6.45, 7) is 2.25. The molecule has 0 saturated heterocycles. The highest BCUT2D eigenvalue weighted by Crippen LogP contribution is 2.26. The molecule has 1 aliphatic rings. The van der Waals surface area contributed by atoms with Gasteiger partial charge in [-0.25, -0.2) is 0 Å². The van der Waals surface area contributed by atoms with E-state index in [9.17, 15) is 0 Å². The fraction of sp³-hybridized carbons (Fsp3) is 0.529. The summed E-state index contributed by atoms with van der Waals surface area (Å²) in [6, 6.07) is 9.09. The molecule has 1 heteroatoms. The minimum absolute atomic E-state index is 0.519. The van der Waals surface area contributed by atoms with Gasteiger partial charge in [-0.2, -0.15) is 0 Å². The molecule has 1 aliphatic heterocycles. The fourth-order valence-electron chi connectivity index (χ4n) is 2.42. The normalized spacial score (nSPS) is 16.6. The van der Waals surface area contributed by atoms with Gasteiger partial charge in [0, 0.05) is 24.6 Å². The molecule has 2 rings (SSSR count). The largest absolute Gasteiger partial charge is 0.381 e. The molecule has 0 radical (unpaired) electrons. The summed E-state index contributed by atoms with van der Waals surface area (Å²) in [5, 5.41) is 3.54. The van der Waals surface area contributed by atoms with E-state index in [0.717, 1.165) is 19.3 Å². The number of fused-ring (bicyclic) bond motifs is 1. The monoisotopic (exact) mass is 241 g/mol. The molecule has 1 aromatic carbocycles. The van der Waals surface area contributed by atoms with Crippen molar-refractivity contribution >= 4 is 5.69 Å². The number of rotatable bonds is 5. The van der Waals surface area contributed by atoms with E-state index in [1.807, 2.05) is 0 Å². The molecule has 18 heavy (non-hydrogen) atoms. The summed E-state index contributed by atoms with van der Waals surface area (Å²) in [5.74, 6) is 6.63. The second kappa shape index (κ2) is 7.11. The second-order valence-electron chi connectivity index (χ2n) is 5.07. The van der Waals surface area contributed by atoms with Gasteiger partial charge in [0.15, 0.2) is 0 Å². The van der Waals surface area contributed by atoms with Gasteiger partial charge < -0.3 is 5.32 Å². The lowest BCUT2D eigenvalue weighted by atomic mass is 10.1. The average molecular weight is 241 g/mol. The lowest BCUT2D eigenvalue weighted by Crippen LogP contribution is -2.13. The number of hydrogen-bond donors (Lipinski definition) is 1. The van der Waals surface area contributed by atoms with Gasteiger partial charge in [0.25, 0.3) is 0 Å². The van der Waals surface area contributed by atoms with E-state index < -0.39 is 0 Å². The van der Waals surface area contributed by atoms with E-state index in [0.29, 0.717) is 6.04 Å². The van der Waals surface area contributed by atoms with E-state index >= 15 is 0 Å². The minimum Gasteiger partial charge on any atom is -0.381 e. The SMILES string of the molecule is CCCCCCC#CCC1Cc2ccccc2N1. The molecule has 0 bridgehead atoms. The Morgan fingerprint density at radius 1 is 1.17 bits per heavy atom. The number of anilines is 1. The molecule has 1 aromatic rings. The van der Waals surface area contributed by atoms with E-state index in [2.05, 4.69) is 48.3 Å². The van der Waals surface area contributed by atoms with Gasteiger partial charge in [-0.1, -0.05) is 44.4 Å². The Morgan fingerprint density at radius 3 is 2.89 bits per heavy atom. The molecule has 0 spiro atoms. The maximum Gasteiger partial charge on any atom is 0.0411 e. The van der Waals surface area contributed by atoms with Crippen LogP contribution >= 0.6 is 0 Å². The van der Waals surface area contributed by atoms with Gasteiger partial charge in [-0.15, -0.1) is 11.8 Å². The van der Waals surface area contributed by atoms with Crippen molar-refractivity contribution in [3.63, 3.8) is 0 Å². The zero-order valence-electron chi connectivity index (χ0n) is 11.3. The maximum atomic E-state index is 3.54. The average Bonchev–Trinajstić information content (AvgIpc) is 2.80. The van der Waals surface area contributed by atoms with Crippen molar-refractivity contribution in [3.05, 3.63) is 29.8 Å². The Labute approximate surface area is 111 Å². The third kappa shape index (κ3) is 3.81. The standard InChI is InChI=1S/C17H23N/c1-2-3-4-5-6-7-8-12-16-14-15-11-9-10-13-17(15)18-16/h9-11,13,16,18H,2-6,12,14H2,1H3. The predicted molar refractivity (Wildman–Crippen MR) is 78.7 cm³/mol. The van der Waals surface area contributed by atoms with Crippen molar-refractivity contribution < 1.29 is 0 Å². The summed E-state index contributed by atoms with van der Waals surface area (Å²) in [5.41, 5.74) is 2.74. The van der Waals surface area contributed by atoms with E-state index in [-0.39, 0.29) is 0 Å². The molecule has 1 unspecified atom stereocenters. The highest BCUT2D eigenvalue weighted by atomic mass is 14.9. The Bertz CT molecular complexity index is 400. The van der Waals surface area contributed by atoms with E-state index in [1.165, 1.54) is 36.9 Å². The first kappa shape index (κ1) is 13.0. The third-order valence-corrected chi connectivity index (χ3v) is 3.47. The smallest absolute Gasteiger partial charge is 0.0411 e. The van der Waals surface area contributed by atoms with Crippen LogP contribution < -0.4 is 5.32 Å². The summed E-state index contributed by atoms with van der Waals surface area (Å²) >= 11 is 0. The topological polar surface area (TPSA) is 12.0 Å². The maximum absolute atomic E-state index is 3.54. The number of nitrogens with one attached hydrogen (secondary N) is 1. The zero-order chi connectivity index (χ0) is 12.6. The predicted octanol–water partition coefficient (Wildman–Crippen LogP) is 4.39. The van der Waals surface area contributed by atoms with Gasteiger partial charge in [-0.05, 0) is 24.5 Å². The van der Waals surface area contributed by atoms with Crippen LogP contribution in [0.1, 0.15) is 51.0 Å². The van der Waals surface area contributed by atoms with Gasteiger partial charge >= 0.3 is 0 Å². The molecule has 0 amide bonds. The Hall–Kier alpha value is -1.42. The molecule has 96 valence electrons. The Kier molecular flexibility index (Phi) is 5.15. The molecule has 0 aromatic heterocycles. The van der Waals surface area contributed by atoms with Crippen LogP contribution in [0, 0.1) is 11.8 Å². The molecular formula is C17H23N. The van der Waals surface area contributed by atoms with E-state index in [1.54, 1.807) is 0 Å². The molecule has 0 fully saturated rings. The molecule has 0 saturated carbocycles. The number of benzene rings is 1. The molecule has 1 nitrogen and oxygen atoms in total. The van der Waals surface area contributed by atoms with Crippen LogP contribution in [0.4, 0.5) is 5.69 Å². The molecule has 0 aliphatic carbocycles. The number of unbranched alkanes of at least 4 members (excludes halogenated alkanes) is 4. The van der Waals surface area contributed by atoms with E-state index in [4.69, 9.17) is 0 Å². The van der Waals surface area contributed by atoms with Crippen LogP contribution in [0.25, 0.3) is 0 Å². The number of hydrogen-bond acceptors (Lipinski definition) is 1. The summed E-state index contributed by atoms with van der Waals surface area (Å²) < 4.78 is 0. The van der Waals surface area contributed by atoms with Crippen molar-refractivity contribution in [3.8, 4) is 11.8 Å². The summed E-state index contributed by atoms with van der Waals surface area (Å²) in [6.07, 6.45) is 8.42. The Morgan fingerprint density at radius 2 is 2.06 bits per heavy atom. The lowest BCUT2D eigenvalue weighted by Gasteiger charge is -2.05. The number of para-hydroxylation sites is 1. The quantitative estimate of drug-likeness (QED) is 0.595. The minimum atomic E-state index is 0.519. The van der Waals surface area contributed by atoms with Crippen molar-refractivity contribution in [2.24, 2.45) is 0 Å². The zero-order valence-corrected chi connectivity index (χ0v) is 11.3. The van der Waals surface area contributed by atoms with Gasteiger partial charge in [0.05, 0.1) is 0 Å². The first-order chi connectivity index (χ1) is 8.90.